The fourth-order valence-electron chi connectivity index (χ4n) is 4.17. The van der Waals surface area contributed by atoms with Gasteiger partial charge in [-0.3, -0.25) is 0 Å². The molecule has 0 saturated carbocycles. The molecule has 0 bridgehead atoms. The third-order valence-corrected chi connectivity index (χ3v) is 6.34. The minimum atomic E-state index is -2.61. The van der Waals surface area contributed by atoms with E-state index in [1.807, 2.05) is 0 Å². The maximum absolute atomic E-state index is 10.6. The van der Waals surface area contributed by atoms with Crippen LogP contribution in [0.25, 0.3) is 0 Å². The molecular weight excluding hydrogens is 472 g/mol. The minimum Gasteiger partial charge on any atom is -0.394 e. The van der Waals surface area contributed by atoms with E-state index in [9.17, 15) is 56.2 Å². The number of hydrogen-bond acceptors (Lipinski definition) is 16. The molecule has 11 N–H and O–H groups in total. The van der Waals surface area contributed by atoms with Crippen molar-refractivity contribution >= 4 is 0 Å². The van der Waals surface area contributed by atoms with Crippen LogP contribution in [0.1, 0.15) is 0 Å². The Labute approximate surface area is 192 Å². The zero-order valence-electron chi connectivity index (χ0n) is 17.9. The van der Waals surface area contributed by atoms with E-state index < -0.39 is 112 Å². The molecule has 3 fully saturated rings. The molecule has 16 heteroatoms. The lowest BCUT2D eigenvalue weighted by Gasteiger charge is -2.38. The van der Waals surface area contributed by atoms with Gasteiger partial charge in [-0.05, 0) is 0 Å². The highest BCUT2D eigenvalue weighted by atomic mass is 16.8. The molecule has 0 spiro atoms. The molecule has 16 nitrogen and oxygen atoms in total. The van der Waals surface area contributed by atoms with Gasteiger partial charge in [0.2, 0.25) is 17.4 Å². The smallest absolute Gasteiger partial charge is 0.222 e. The number of ether oxygens (including phenoxy) is 5. The Kier molecular flexibility index (Phi) is 8.53. The van der Waals surface area contributed by atoms with Crippen LogP contribution in [0.4, 0.5) is 0 Å². The van der Waals surface area contributed by atoms with Crippen molar-refractivity contribution in [3.05, 3.63) is 0 Å². The van der Waals surface area contributed by atoms with Crippen molar-refractivity contribution in [2.75, 3.05) is 39.6 Å². The molecule has 3 aliphatic rings. The van der Waals surface area contributed by atoms with Gasteiger partial charge >= 0.3 is 0 Å². The molecule has 200 valence electrons. The van der Waals surface area contributed by atoms with Crippen molar-refractivity contribution in [2.45, 2.75) is 72.3 Å². The summed E-state index contributed by atoms with van der Waals surface area (Å²) in [7, 11) is 0. The highest BCUT2D eigenvalue weighted by molar-refractivity contribution is 5.02. The molecule has 3 aliphatic heterocycles. The predicted octanol–water partition coefficient (Wildman–Crippen LogP) is -7.57. The molecule has 0 aromatic heterocycles. The van der Waals surface area contributed by atoms with Crippen LogP contribution >= 0.6 is 0 Å². The monoisotopic (exact) mass is 504 g/mol. The number of hydrogen-bond donors (Lipinski definition) is 11. The molecule has 34 heavy (non-hydrogen) atoms. The Bertz CT molecular complexity index is 684. The zero-order chi connectivity index (χ0) is 25.5. The second kappa shape index (κ2) is 10.4. The van der Waals surface area contributed by atoms with Crippen LogP contribution in [-0.2, 0) is 23.7 Å². The normalized spacial score (nSPS) is 51.4. The number of rotatable bonds is 10. The van der Waals surface area contributed by atoms with Gasteiger partial charge in [0, 0.05) is 0 Å². The lowest BCUT2D eigenvalue weighted by Crippen LogP contribution is -2.57. The van der Waals surface area contributed by atoms with E-state index in [-0.39, 0.29) is 0 Å². The molecule has 12 atom stereocenters. The van der Waals surface area contributed by atoms with Crippen molar-refractivity contribution in [2.24, 2.45) is 0 Å². The summed E-state index contributed by atoms with van der Waals surface area (Å²) in [6.45, 7) is -5.33. The van der Waals surface area contributed by atoms with E-state index in [2.05, 4.69) is 0 Å². The summed E-state index contributed by atoms with van der Waals surface area (Å²) in [5, 5.41) is 109. The molecule has 0 amide bonds. The molecule has 3 rings (SSSR count). The van der Waals surface area contributed by atoms with Crippen molar-refractivity contribution in [1.29, 1.82) is 0 Å². The SMILES string of the molecule is OC[C@H]1O[C@@](CO)(OC[C@@]2(OC[C@@]3(O)O[C@H](CO)[C@H](O)C3O)O[C@H](CO)[C@H](O)C2O)C(O)[C@H]1O. The average Bonchev–Trinajstić information content (AvgIpc) is 3.33. The Morgan fingerprint density at radius 1 is 0.559 bits per heavy atom. The number of aliphatic hydroxyl groups is 11. The van der Waals surface area contributed by atoms with Crippen LogP contribution in [0.2, 0.25) is 0 Å². The van der Waals surface area contributed by atoms with Gasteiger partial charge in [-0.15, -0.1) is 0 Å². The fraction of sp³-hybridized carbons (Fsp3) is 1.00. The first-order valence-corrected chi connectivity index (χ1v) is 10.5. The molecular formula is C18H32O16. The molecule has 3 saturated heterocycles. The third-order valence-electron chi connectivity index (χ3n) is 6.34. The van der Waals surface area contributed by atoms with Crippen molar-refractivity contribution in [3.8, 4) is 0 Å². The minimum absolute atomic E-state index is 0.744. The summed E-state index contributed by atoms with van der Waals surface area (Å²) in [5.41, 5.74) is 0. The van der Waals surface area contributed by atoms with Gasteiger partial charge in [0.1, 0.15) is 74.8 Å². The van der Waals surface area contributed by atoms with Gasteiger partial charge in [0.25, 0.3) is 0 Å². The highest BCUT2D eigenvalue weighted by Gasteiger charge is 2.62. The van der Waals surface area contributed by atoms with Crippen LogP contribution in [0, 0.1) is 0 Å². The summed E-state index contributed by atoms with van der Waals surface area (Å²) in [6, 6.07) is 0. The first-order valence-electron chi connectivity index (χ1n) is 10.5. The average molecular weight is 504 g/mol. The van der Waals surface area contributed by atoms with E-state index in [1.54, 1.807) is 0 Å². The summed E-state index contributed by atoms with van der Waals surface area (Å²) in [4.78, 5) is 0. The molecule has 3 heterocycles. The van der Waals surface area contributed by atoms with Gasteiger partial charge in [-0.25, -0.2) is 0 Å². The Hall–Kier alpha value is -0.640. The maximum Gasteiger partial charge on any atom is 0.222 e. The van der Waals surface area contributed by atoms with Gasteiger partial charge in [0.15, 0.2) is 0 Å². The van der Waals surface area contributed by atoms with Crippen LogP contribution in [-0.4, -0.2) is 168 Å². The largest absolute Gasteiger partial charge is 0.394 e. The predicted molar refractivity (Wildman–Crippen MR) is 101 cm³/mol. The Morgan fingerprint density at radius 2 is 0.971 bits per heavy atom. The van der Waals surface area contributed by atoms with Crippen molar-refractivity contribution in [3.63, 3.8) is 0 Å². The molecule has 0 aromatic rings. The maximum atomic E-state index is 10.6. The van der Waals surface area contributed by atoms with Crippen molar-refractivity contribution < 1.29 is 79.9 Å². The van der Waals surface area contributed by atoms with E-state index in [1.165, 1.54) is 0 Å². The number of aliphatic hydroxyl groups excluding tert-OH is 10. The Morgan fingerprint density at radius 3 is 1.41 bits per heavy atom. The van der Waals surface area contributed by atoms with Crippen LogP contribution in [0.15, 0.2) is 0 Å². The first kappa shape index (κ1) is 27.9. The lowest BCUT2D eigenvalue weighted by atomic mass is 10.0. The summed E-state index contributed by atoms with van der Waals surface area (Å²) in [6.07, 6.45) is -15.1. The van der Waals surface area contributed by atoms with Gasteiger partial charge in [-0.2, -0.15) is 0 Å². The van der Waals surface area contributed by atoms with Crippen LogP contribution in [0.5, 0.6) is 0 Å². The lowest BCUT2D eigenvalue weighted by molar-refractivity contribution is -0.359. The second-order valence-corrected chi connectivity index (χ2v) is 8.53. The van der Waals surface area contributed by atoms with Gasteiger partial charge in [-0.1, -0.05) is 0 Å². The summed E-state index contributed by atoms with van der Waals surface area (Å²) >= 11 is 0. The van der Waals surface area contributed by atoms with E-state index >= 15 is 0 Å². The second-order valence-electron chi connectivity index (χ2n) is 8.53. The quantitative estimate of drug-likeness (QED) is 0.132. The zero-order valence-corrected chi connectivity index (χ0v) is 17.9. The molecule has 0 aliphatic carbocycles. The van der Waals surface area contributed by atoms with Gasteiger partial charge in [0.05, 0.1) is 19.8 Å². The topological polar surface area (TPSA) is 269 Å². The van der Waals surface area contributed by atoms with E-state index in [0.717, 1.165) is 0 Å². The van der Waals surface area contributed by atoms with Crippen LogP contribution in [0.3, 0.4) is 0 Å². The van der Waals surface area contributed by atoms with Gasteiger partial charge < -0.3 is 79.9 Å². The molecule has 0 radical (unpaired) electrons. The third kappa shape index (κ3) is 4.59. The van der Waals surface area contributed by atoms with Crippen LogP contribution < -0.4 is 0 Å². The summed E-state index contributed by atoms with van der Waals surface area (Å²) in [5.74, 6) is -7.37. The summed E-state index contributed by atoms with van der Waals surface area (Å²) < 4.78 is 26.6. The van der Waals surface area contributed by atoms with Crippen molar-refractivity contribution in [1.82, 2.24) is 0 Å². The fourth-order valence-corrected chi connectivity index (χ4v) is 4.17. The highest BCUT2D eigenvalue weighted by Crippen LogP contribution is 2.39. The first-order chi connectivity index (χ1) is 15.9. The van der Waals surface area contributed by atoms with E-state index in [4.69, 9.17) is 23.7 Å². The Balaban J connectivity index is 1.82. The molecule has 0 aromatic carbocycles. The van der Waals surface area contributed by atoms with E-state index in [0.29, 0.717) is 0 Å². The standard InChI is InChI=1S/C18H32O16/c19-1-7-10(23)13(26)16(29,32-7)5-30-18(15(28)12(25)9(3-21)34-18)6-31-17(4-22)14(27)11(24)8(2-20)33-17/h7-15,19-29H,1-6H2/t7-,8-,9-,10+,11+,12+,13?,14?,15?,16-,17-,18-/m1/s1. The molecule has 3 unspecified atom stereocenters.